The molecule has 1 saturated heterocycles. The molecule has 0 aromatic carbocycles. The molecule has 0 unspecified atom stereocenters. The number of ether oxygens (including phenoxy) is 1. The van der Waals surface area contributed by atoms with Crippen molar-refractivity contribution in [1.29, 1.82) is 0 Å². The summed E-state index contributed by atoms with van der Waals surface area (Å²) in [4.78, 5) is 24.6. The molecule has 3 rings (SSSR count). The zero-order chi connectivity index (χ0) is 16.2. The minimum absolute atomic E-state index is 0.209. The molecule has 2 aromatic heterocycles. The number of oxazole rings is 1. The number of piperazine rings is 1. The maximum absolute atomic E-state index is 11.6. The smallest absolute Gasteiger partial charge is 0.360 e. The SMILES string of the molecule is CCOC(=O)c1coc(N2CCN(c3nc(CC)ns3)CC2)n1. The third-order valence-electron chi connectivity index (χ3n) is 3.57. The maximum Gasteiger partial charge on any atom is 0.360 e. The molecule has 1 fully saturated rings. The van der Waals surface area contributed by atoms with Gasteiger partial charge in [-0.2, -0.15) is 9.36 Å². The number of nitrogens with zero attached hydrogens (tertiary/aromatic N) is 5. The van der Waals surface area contributed by atoms with E-state index in [1.807, 2.05) is 11.8 Å². The summed E-state index contributed by atoms with van der Waals surface area (Å²) in [5, 5.41) is 0.959. The van der Waals surface area contributed by atoms with Crippen LogP contribution in [0.3, 0.4) is 0 Å². The van der Waals surface area contributed by atoms with E-state index >= 15 is 0 Å². The van der Waals surface area contributed by atoms with E-state index in [0.717, 1.165) is 43.6 Å². The highest BCUT2D eigenvalue weighted by Crippen LogP contribution is 2.22. The summed E-state index contributed by atoms with van der Waals surface area (Å²) in [7, 11) is 0. The minimum Gasteiger partial charge on any atom is -0.461 e. The van der Waals surface area contributed by atoms with Crippen LogP contribution in [0, 0.1) is 0 Å². The molecule has 0 bridgehead atoms. The zero-order valence-electron chi connectivity index (χ0n) is 13.2. The van der Waals surface area contributed by atoms with Gasteiger partial charge in [-0.1, -0.05) is 6.92 Å². The summed E-state index contributed by atoms with van der Waals surface area (Å²) in [5.74, 6) is 0.432. The molecule has 8 nitrogen and oxygen atoms in total. The highest BCUT2D eigenvalue weighted by molar-refractivity contribution is 7.09. The van der Waals surface area contributed by atoms with Crippen LogP contribution in [-0.4, -0.2) is 53.1 Å². The van der Waals surface area contributed by atoms with Crippen LogP contribution in [0.2, 0.25) is 0 Å². The largest absolute Gasteiger partial charge is 0.461 e. The van der Waals surface area contributed by atoms with Gasteiger partial charge >= 0.3 is 5.97 Å². The van der Waals surface area contributed by atoms with Gasteiger partial charge in [-0.3, -0.25) is 0 Å². The number of hydrogen-bond donors (Lipinski definition) is 0. The lowest BCUT2D eigenvalue weighted by Gasteiger charge is -2.33. The Morgan fingerprint density at radius 2 is 2.00 bits per heavy atom. The van der Waals surface area contributed by atoms with Crippen LogP contribution < -0.4 is 9.80 Å². The van der Waals surface area contributed by atoms with Crippen LogP contribution in [0.15, 0.2) is 10.7 Å². The summed E-state index contributed by atoms with van der Waals surface area (Å²) in [6, 6.07) is 0.458. The van der Waals surface area contributed by atoms with Crippen LogP contribution in [0.25, 0.3) is 0 Å². The van der Waals surface area contributed by atoms with Crippen molar-refractivity contribution in [3.05, 3.63) is 17.8 Å². The molecule has 124 valence electrons. The second kappa shape index (κ2) is 6.95. The van der Waals surface area contributed by atoms with E-state index in [9.17, 15) is 4.79 Å². The molecule has 3 heterocycles. The van der Waals surface area contributed by atoms with E-state index in [1.54, 1.807) is 6.92 Å². The standard InChI is InChI=1S/C14H19N5O3S/c1-3-11-16-14(23-17-11)19-7-5-18(6-8-19)13-15-10(9-22-13)12(20)21-4-2/h9H,3-8H2,1-2H3. The Kier molecular flexibility index (Phi) is 4.75. The zero-order valence-corrected chi connectivity index (χ0v) is 14.0. The molecule has 0 aliphatic carbocycles. The molecular formula is C14H19N5O3S. The van der Waals surface area contributed by atoms with Crippen molar-refractivity contribution in [2.75, 3.05) is 42.6 Å². The van der Waals surface area contributed by atoms with Gasteiger partial charge in [0.2, 0.25) is 5.13 Å². The summed E-state index contributed by atoms with van der Waals surface area (Å²) in [6.45, 7) is 7.27. The quantitative estimate of drug-likeness (QED) is 0.761. The van der Waals surface area contributed by atoms with E-state index in [0.29, 0.717) is 12.6 Å². The van der Waals surface area contributed by atoms with Crippen LogP contribution in [0.1, 0.15) is 30.2 Å². The number of hydrogen-bond acceptors (Lipinski definition) is 9. The van der Waals surface area contributed by atoms with Crippen molar-refractivity contribution < 1.29 is 13.9 Å². The third kappa shape index (κ3) is 3.44. The first kappa shape index (κ1) is 15.7. The second-order valence-electron chi connectivity index (χ2n) is 5.06. The Morgan fingerprint density at radius 3 is 2.65 bits per heavy atom. The van der Waals surface area contributed by atoms with E-state index in [2.05, 4.69) is 19.2 Å². The first-order valence-corrected chi connectivity index (χ1v) is 8.43. The highest BCUT2D eigenvalue weighted by atomic mass is 32.1. The number of carbonyl (C=O) groups is 1. The predicted octanol–water partition coefficient (Wildman–Crippen LogP) is 1.59. The molecule has 1 aliphatic heterocycles. The molecule has 0 radical (unpaired) electrons. The fraction of sp³-hybridized carbons (Fsp3) is 0.571. The minimum atomic E-state index is -0.456. The van der Waals surface area contributed by atoms with Gasteiger partial charge in [-0.05, 0) is 6.92 Å². The van der Waals surface area contributed by atoms with Gasteiger partial charge in [0.15, 0.2) is 5.69 Å². The first-order valence-electron chi connectivity index (χ1n) is 7.66. The monoisotopic (exact) mass is 337 g/mol. The average Bonchev–Trinajstić information content (AvgIpc) is 3.25. The molecule has 0 spiro atoms. The Labute approximate surface area is 138 Å². The first-order chi connectivity index (χ1) is 11.2. The Hall–Kier alpha value is -2.16. The highest BCUT2D eigenvalue weighted by Gasteiger charge is 2.24. The molecule has 0 amide bonds. The van der Waals surface area contributed by atoms with Crippen molar-refractivity contribution in [3.8, 4) is 0 Å². The molecular weight excluding hydrogens is 318 g/mol. The van der Waals surface area contributed by atoms with Crippen LogP contribution in [0.4, 0.5) is 11.1 Å². The Bertz CT molecular complexity index is 663. The molecule has 2 aromatic rings. The van der Waals surface area contributed by atoms with Gasteiger partial charge in [0.25, 0.3) is 6.01 Å². The van der Waals surface area contributed by atoms with Crippen LogP contribution in [0.5, 0.6) is 0 Å². The summed E-state index contributed by atoms with van der Waals surface area (Å²) >= 11 is 1.44. The number of rotatable bonds is 5. The number of aromatic nitrogens is 3. The third-order valence-corrected chi connectivity index (χ3v) is 4.39. The maximum atomic E-state index is 11.6. The number of aryl methyl sites for hydroxylation is 1. The van der Waals surface area contributed by atoms with Gasteiger partial charge < -0.3 is 19.0 Å². The van der Waals surface area contributed by atoms with Gasteiger partial charge in [-0.25, -0.2) is 9.78 Å². The lowest BCUT2D eigenvalue weighted by atomic mass is 10.3. The Morgan fingerprint density at radius 1 is 1.26 bits per heavy atom. The number of carbonyl (C=O) groups excluding carboxylic acids is 1. The molecule has 0 saturated carbocycles. The van der Waals surface area contributed by atoms with Crippen molar-refractivity contribution in [3.63, 3.8) is 0 Å². The van der Waals surface area contributed by atoms with Crippen molar-refractivity contribution in [2.45, 2.75) is 20.3 Å². The van der Waals surface area contributed by atoms with Crippen molar-refractivity contribution in [1.82, 2.24) is 14.3 Å². The summed E-state index contributed by atoms with van der Waals surface area (Å²) < 4.78 is 14.6. The van der Waals surface area contributed by atoms with Crippen LogP contribution >= 0.6 is 11.5 Å². The van der Waals surface area contributed by atoms with Crippen molar-refractivity contribution >= 4 is 28.6 Å². The van der Waals surface area contributed by atoms with Crippen LogP contribution in [-0.2, 0) is 11.2 Å². The fourth-order valence-corrected chi connectivity index (χ4v) is 3.12. The van der Waals surface area contributed by atoms with Gasteiger partial charge in [0, 0.05) is 44.1 Å². The topological polar surface area (TPSA) is 84.6 Å². The predicted molar refractivity (Wildman–Crippen MR) is 86.2 cm³/mol. The fourth-order valence-electron chi connectivity index (χ4n) is 2.31. The van der Waals surface area contributed by atoms with Gasteiger partial charge in [0.05, 0.1) is 6.61 Å². The van der Waals surface area contributed by atoms with E-state index in [4.69, 9.17) is 9.15 Å². The van der Waals surface area contributed by atoms with E-state index < -0.39 is 5.97 Å². The number of esters is 1. The molecule has 0 N–H and O–H groups in total. The molecule has 0 atom stereocenters. The molecule has 23 heavy (non-hydrogen) atoms. The normalized spacial score (nSPS) is 15.0. The van der Waals surface area contributed by atoms with E-state index in [-0.39, 0.29) is 5.69 Å². The second-order valence-corrected chi connectivity index (χ2v) is 5.79. The van der Waals surface area contributed by atoms with E-state index in [1.165, 1.54) is 17.8 Å². The van der Waals surface area contributed by atoms with Gasteiger partial charge in [0.1, 0.15) is 12.1 Å². The van der Waals surface area contributed by atoms with Gasteiger partial charge in [-0.15, -0.1) is 0 Å². The van der Waals surface area contributed by atoms with Crippen molar-refractivity contribution in [2.24, 2.45) is 0 Å². The average molecular weight is 337 g/mol. The lowest BCUT2D eigenvalue weighted by Crippen LogP contribution is -2.46. The molecule has 1 aliphatic rings. The molecule has 9 heteroatoms. The Balaban J connectivity index is 1.59. The summed E-state index contributed by atoms with van der Waals surface area (Å²) in [5.41, 5.74) is 0.209. The number of anilines is 2. The summed E-state index contributed by atoms with van der Waals surface area (Å²) in [6.07, 6.45) is 2.20. The lowest BCUT2D eigenvalue weighted by molar-refractivity contribution is 0.0519.